The summed E-state index contributed by atoms with van der Waals surface area (Å²) in [5, 5.41) is 7.43. The van der Waals surface area contributed by atoms with Crippen LogP contribution in [-0.2, 0) is 0 Å². The fourth-order valence-electron chi connectivity index (χ4n) is 3.17. The van der Waals surface area contributed by atoms with E-state index in [2.05, 4.69) is 43.2 Å². The normalized spacial score (nSPS) is 11.5. The maximum absolute atomic E-state index is 12.9. The van der Waals surface area contributed by atoms with Crippen LogP contribution in [0.2, 0.25) is 0 Å². The van der Waals surface area contributed by atoms with Crippen LogP contribution in [0.1, 0.15) is 35.7 Å². The number of rotatable bonds is 6. The largest absolute Gasteiger partial charge is 0.383 e. The van der Waals surface area contributed by atoms with Crippen LogP contribution in [0.15, 0.2) is 58.1 Å². The number of nitrogens with one attached hydrogen (secondary N) is 1. The molecule has 0 saturated carbocycles. The van der Waals surface area contributed by atoms with E-state index in [1.165, 1.54) is 4.68 Å². The first-order valence-electron chi connectivity index (χ1n) is 9.73. The summed E-state index contributed by atoms with van der Waals surface area (Å²) in [4.78, 5) is 22.2. The number of nitrogen functional groups attached to an aromatic ring is 1. The number of benzene rings is 2. The van der Waals surface area contributed by atoms with Gasteiger partial charge in [0.05, 0.1) is 17.2 Å². The first-order chi connectivity index (χ1) is 14.6. The molecule has 0 bridgehead atoms. The zero-order valence-corrected chi connectivity index (χ0v) is 18.1. The summed E-state index contributed by atoms with van der Waals surface area (Å²) >= 11 is 3.45. The van der Waals surface area contributed by atoms with Crippen molar-refractivity contribution in [3.8, 4) is 0 Å². The van der Waals surface area contributed by atoms with E-state index in [1.807, 2.05) is 48.5 Å². The topological polar surface area (TPSA) is 98.2 Å². The van der Waals surface area contributed by atoms with Gasteiger partial charge >= 0.3 is 0 Å². The van der Waals surface area contributed by atoms with E-state index < -0.39 is 0 Å². The smallest absolute Gasteiger partial charge is 0.257 e. The monoisotopic (exact) mass is 464 g/mol. The number of para-hydroxylation sites is 2. The molecule has 3 N–H and O–H groups in total. The molecule has 30 heavy (non-hydrogen) atoms. The number of halogens is 1. The molecule has 4 aromatic rings. The number of carbonyl (C=O) groups is 1. The van der Waals surface area contributed by atoms with E-state index in [-0.39, 0.29) is 11.7 Å². The van der Waals surface area contributed by atoms with Crippen LogP contribution in [0.3, 0.4) is 0 Å². The highest BCUT2D eigenvalue weighted by molar-refractivity contribution is 9.10. The van der Waals surface area contributed by atoms with Gasteiger partial charge in [0.1, 0.15) is 16.9 Å². The third kappa shape index (κ3) is 3.91. The minimum atomic E-state index is -0.271. The molecule has 152 valence electrons. The van der Waals surface area contributed by atoms with Gasteiger partial charge in [-0.2, -0.15) is 9.78 Å². The highest BCUT2D eigenvalue weighted by Crippen LogP contribution is 2.27. The number of hydrogen-bond donors (Lipinski definition) is 2. The quantitative estimate of drug-likeness (QED) is 0.327. The summed E-state index contributed by atoms with van der Waals surface area (Å²) in [6, 6.07) is 15.2. The molecule has 8 heteroatoms. The lowest BCUT2D eigenvalue weighted by Crippen LogP contribution is -2.25. The summed E-state index contributed by atoms with van der Waals surface area (Å²) < 4.78 is 2.42. The first kappa shape index (κ1) is 20.0. The van der Waals surface area contributed by atoms with Crippen LogP contribution >= 0.6 is 15.9 Å². The van der Waals surface area contributed by atoms with Crippen LogP contribution < -0.4 is 11.1 Å². The van der Waals surface area contributed by atoms with Crippen molar-refractivity contribution >= 4 is 56.1 Å². The molecule has 0 spiro atoms. The number of amides is 1. The van der Waals surface area contributed by atoms with E-state index in [4.69, 9.17) is 5.73 Å². The second kappa shape index (κ2) is 8.62. The summed E-state index contributed by atoms with van der Waals surface area (Å²) in [5.74, 6) is -0.0625. The highest BCUT2D eigenvalue weighted by Gasteiger charge is 2.23. The highest BCUT2D eigenvalue weighted by atomic mass is 79.9. The van der Waals surface area contributed by atoms with Crippen molar-refractivity contribution in [1.29, 1.82) is 0 Å². The number of nitrogens with two attached hydrogens (primary N) is 1. The molecule has 0 saturated heterocycles. The van der Waals surface area contributed by atoms with Gasteiger partial charge in [-0.15, -0.1) is 0 Å². The number of hydrogen-bond acceptors (Lipinski definition) is 5. The fraction of sp³-hybridized carbons (Fsp3) is 0.182. The van der Waals surface area contributed by atoms with Crippen molar-refractivity contribution in [2.45, 2.75) is 19.8 Å². The number of anilines is 1. The Morgan fingerprint density at radius 1 is 1.20 bits per heavy atom. The van der Waals surface area contributed by atoms with Gasteiger partial charge < -0.3 is 11.1 Å². The van der Waals surface area contributed by atoms with Crippen LogP contribution in [0, 0.1) is 0 Å². The molecule has 7 nitrogen and oxygen atoms in total. The molecule has 0 fully saturated rings. The van der Waals surface area contributed by atoms with E-state index in [1.54, 1.807) is 6.21 Å². The van der Waals surface area contributed by atoms with Crippen molar-refractivity contribution in [2.24, 2.45) is 5.10 Å². The number of nitrogens with zero attached hydrogens (tertiary/aromatic N) is 4. The van der Waals surface area contributed by atoms with Crippen molar-refractivity contribution in [3.63, 3.8) is 0 Å². The second-order valence-corrected chi connectivity index (χ2v) is 7.78. The summed E-state index contributed by atoms with van der Waals surface area (Å²) in [7, 11) is 0. The minimum Gasteiger partial charge on any atom is -0.383 e. The lowest BCUT2D eigenvalue weighted by molar-refractivity contribution is 0.0955. The average molecular weight is 465 g/mol. The van der Waals surface area contributed by atoms with Gasteiger partial charge in [-0.1, -0.05) is 53.5 Å². The molecule has 0 unspecified atom stereocenters. The second-order valence-electron chi connectivity index (χ2n) is 6.87. The Bertz CT molecular complexity index is 1260. The molecule has 0 aliphatic carbocycles. The third-order valence-electron chi connectivity index (χ3n) is 4.69. The maximum Gasteiger partial charge on any atom is 0.257 e. The standard InChI is InChI=1S/C22H21BrN6O/c1-2-3-11-25-22(30)18-19-21(28-17-10-5-4-9-16(17)27-19)29(20(18)24)26-13-14-7-6-8-15(23)12-14/h4-10,12-13H,2-3,11,24H2,1H3,(H,25,30). The maximum atomic E-state index is 12.9. The molecule has 2 aromatic heterocycles. The van der Waals surface area contributed by atoms with Gasteiger partial charge in [0.2, 0.25) is 0 Å². The van der Waals surface area contributed by atoms with Crippen LogP contribution in [-0.4, -0.2) is 33.3 Å². The Kier molecular flexibility index (Phi) is 5.76. The first-order valence-corrected chi connectivity index (χ1v) is 10.5. The summed E-state index contributed by atoms with van der Waals surface area (Å²) in [6.07, 6.45) is 3.55. The number of fused-ring (bicyclic) bond motifs is 2. The average Bonchev–Trinajstić information content (AvgIpc) is 3.01. The van der Waals surface area contributed by atoms with Crippen molar-refractivity contribution in [1.82, 2.24) is 20.0 Å². The van der Waals surface area contributed by atoms with Crippen molar-refractivity contribution in [3.05, 3.63) is 64.1 Å². The Hall–Kier alpha value is -3.26. The van der Waals surface area contributed by atoms with Gasteiger partial charge in [-0.25, -0.2) is 9.97 Å². The fourth-order valence-corrected chi connectivity index (χ4v) is 3.58. The lowest BCUT2D eigenvalue weighted by atomic mass is 10.2. The Balaban J connectivity index is 1.86. The predicted octanol–water partition coefficient (Wildman–Crippen LogP) is 4.34. The van der Waals surface area contributed by atoms with Crippen LogP contribution in [0.4, 0.5) is 5.82 Å². The van der Waals surface area contributed by atoms with E-state index >= 15 is 0 Å². The predicted molar refractivity (Wildman–Crippen MR) is 124 cm³/mol. The zero-order valence-electron chi connectivity index (χ0n) is 16.5. The van der Waals surface area contributed by atoms with Gasteiger partial charge in [-0.05, 0) is 36.2 Å². The van der Waals surface area contributed by atoms with E-state index in [0.29, 0.717) is 34.3 Å². The lowest BCUT2D eigenvalue weighted by Gasteiger charge is -2.04. The Labute approximate surface area is 182 Å². The zero-order chi connectivity index (χ0) is 21.1. The minimum absolute atomic E-state index is 0.209. The number of carbonyl (C=O) groups excluding carboxylic acids is 1. The van der Waals surface area contributed by atoms with Gasteiger partial charge in [-0.3, -0.25) is 4.79 Å². The molecule has 0 radical (unpaired) electrons. The van der Waals surface area contributed by atoms with Gasteiger partial charge in [0.15, 0.2) is 5.65 Å². The molecule has 0 aliphatic rings. The molecule has 2 heterocycles. The van der Waals surface area contributed by atoms with Crippen LogP contribution in [0.25, 0.3) is 22.2 Å². The Morgan fingerprint density at radius 2 is 1.97 bits per heavy atom. The molecular weight excluding hydrogens is 444 g/mol. The molecule has 0 aliphatic heterocycles. The van der Waals surface area contributed by atoms with Crippen molar-refractivity contribution in [2.75, 3.05) is 12.3 Å². The molecule has 0 atom stereocenters. The van der Waals surface area contributed by atoms with E-state index in [0.717, 1.165) is 22.9 Å². The van der Waals surface area contributed by atoms with Crippen LogP contribution in [0.5, 0.6) is 0 Å². The Morgan fingerprint density at radius 3 is 2.70 bits per heavy atom. The van der Waals surface area contributed by atoms with Gasteiger partial charge in [0, 0.05) is 11.0 Å². The van der Waals surface area contributed by atoms with Crippen molar-refractivity contribution < 1.29 is 4.79 Å². The molecule has 1 amide bonds. The third-order valence-corrected chi connectivity index (χ3v) is 5.18. The number of unbranched alkanes of at least 4 members (excludes halogenated alkanes) is 1. The summed E-state index contributed by atoms with van der Waals surface area (Å²) in [6.45, 7) is 2.64. The molecule has 2 aromatic carbocycles. The van der Waals surface area contributed by atoms with E-state index in [9.17, 15) is 4.79 Å². The molecule has 4 rings (SSSR count). The summed E-state index contributed by atoms with van der Waals surface area (Å²) in [5.41, 5.74) is 9.84. The SMILES string of the molecule is CCCCNC(=O)c1c(N)n(N=Cc2cccc(Br)c2)c2nc3ccccc3nc12. The van der Waals surface area contributed by atoms with Gasteiger partial charge in [0.25, 0.3) is 5.91 Å². The molecular formula is C22H21BrN6O. The number of aromatic nitrogens is 3.